The molecule has 0 aromatic carbocycles. The Balaban J connectivity index is 1.85. The van der Waals surface area contributed by atoms with Gasteiger partial charge in [-0.3, -0.25) is 0 Å². The van der Waals surface area contributed by atoms with Crippen LogP contribution in [0.25, 0.3) is 0 Å². The van der Waals surface area contributed by atoms with E-state index >= 15 is 0 Å². The molecule has 2 aliphatic rings. The van der Waals surface area contributed by atoms with Crippen molar-refractivity contribution in [2.75, 3.05) is 6.26 Å². The van der Waals surface area contributed by atoms with Gasteiger partial charge < -0.3 is 15.7 Å². The summed E-state index contributed by atoms with van der Waals surface area (Å²) in [6, 6.07) is -0.138. The normalized spacial score (nSPS) is 29.1. The van der Waals surface area contributed by atoms with E-state index in [-0.39, 0.29) is 12.1 Å². The maximum absolute atomic E-state index is 12.0. The van der Waals surface area contributed by atoms with Crippen LogP contribution in [0.5, 0.6) is 0 Å². The molecule has 0 saturated heterocycles. The fourth-order valence-corrected chi connectivity index (χ4v) is 3.89. The summed E-state index contributed by atoms with van der Waals surface area (Å²) in [4.78, 5) is 23.3. The van der Waals surface area contributed by atoms with Crippen LogP contribution >= 0.6 is 11.8 Å². The number of hydrogen-bond donors (Lipinski definition) is 3. The molecule has 2 saturated carbocycles. The highest BCUT2D eigenvalue weighted by Gasteiger charge is 2.43. The minimum absolute atomic E-state index is 0.185. The maximum Gasteiger partial charge on any atom is 0.329 e. The van der Waals surface area contributed by atoms with Crippen LogP contribution in [0.3, 0.4) is 0 Å². The number of carboxylic acids is 1. The molecule has 19 heavy (non-hydrogen) atoms. The van der Waals surface area contributed by atoms with Crippen LogP contribution in [0.2, 0.25) is 0 Å². The largest absolute Gasteiger partial charge is 0.480 e. The Bertz CT molecular complexity index is 356. The van der Waals surface area contributed by atoms with Crippen LogP contribution in [0, 0.1) is 0 Å². The Morgan fingerprint density at radius 1 is 1.26 bits per heavy atom. The van der Waals surface area contributed by atoms with Crippen LogP contribution in [-0.2, 0) is 4.79 Å². The van der Waals surface area contributed by atoms with E-state index in [1.54, 1.807) is 0 Å². The van der Waals surface area contributed by atoms with E-state index < -0.39 is 11.5 Å². The third kappa shape index (κ3) is 3.35. The number of rotatable bonds is 4. The van der Waals surface area contributed by atoms with Gasteiger partial charge in [0, 0.05) is 11.3 Å². The van der Waals surface area contributed by atoms with E-state index in [9.17, 15) is 14.7 Å². The predicted octanol–water partition coefficient (Wildman–Crippen LogP) is 1.97. The van der Waals surface area contributed by atoms with Crippen molar-refractivity contribution >= 4 is 23.8 Å². The number of thioether (sulfide) groups is 1. The standard InChI is InChI=1S/C13H22N2O3S/c1-19-10-5-4-9(8-10)14-12(18)15-13(11(16)17)6-2-3-7-13/h9-10H,2-8H2,1H3,(H,16,17)(H2,14,15,18). The average Bonchev–Trinajstić information content (AvgIpc) is 2.98. The Morgan fingerprint density at radius 3 is 2.47 bits per heavy atom. The van der Waals surface area contributed by atoms with Gasteiger partial charge in [-0.25, -0.2) is 9.59 Å². The highest BCUT2D eigenvalue weighted by molar-refractivity contribution is 7.99. The first-order chi connectivity index (χ1) is 9.05. The predicted molar refractivity (Wildman–Crippen MR) is 75.4 cm³/mol. The molecule has 0 radical (unpaired) electrons. The molecule has 0 bridgehead atoms. The van der Waals surface area contributed by atoms with Gasteiger partial charge in [-0.2, -0.15) is 11.8 Å². The molecule has 3 N–H and O–H groups in total. The molecule has 2 fully saturated rings. The zero-order valence-corrected chi connectivity index (χ0v) is 12.1. The second kappa shape index (κ2) is 6.03. The second-order valence-corrected chi connectivity index (χ2v) is 6.70. The molecule has 0 heterocycles. The molecule has 108 valence electrons. The molecule has 0 aliphatic heterocycles. The first-order valence-electron chi connectivity index (χ1n) is 6.90. The zero-order chi connectivity index (χ0) is 13.9. The van der Waals surface area contributed by atoms with Crippen LogP contribution in [0.1, 0.15) is 44.9 Å². The third-order valence-electron chi connectivity index (χ3n) is 4.27. The highest BCUT2D eigenvalue weighted by atomic mass is 32.2. The Kier molecular flexibility index (Phi) is 4.60. The van der Waals surface area contributed by atoms with E-state index in [4.69, 9.17) is 0 Å². The van der Waals surface area contributed by atoms with Crippen LogP contribution in [-0.4, -0.2) is 40.2 Å². The molecule has 0 spiro atoms. The fraction of sp³-hybridized carbons (Fsp3) is 0.846. The van der Waals surface area contributed by atoms with Gasteiger partial charge in [0.15, 0.2) is 0 Å². The number of urea groups is 1. The van der Waals surface area contributed by atoms with Crippen LogP contribution < -0.4 is 10.6 Å². The Labute approximate surface area is 117 Å². The number of carboxylic acid groups (broad SMARTS) is 1. The van der Waals surface area contributed by atoms with E-state index in [0.717, 1.165) is 32.1 Å². The lowest BCUT2D eigenvalue weighted by Gasteiger charge is -2.26. The summed E-state index contributed by atoms with van der Waals surface area (Å²) in [6.07, 6.45) is 7.98. The Morgan fingerprint density at radius 2 is 1.95 bits per heavy atom. The number of hydrogen-bond acceptors (Lipinski definition) is 3. The molecular formula is C13H22N2O3S. The summed E-state index contributed by atoms with van der Waals surface area (Å²) in [7, 11) is 0. The SMILES string of the molecule is CSC1CCC(NC(=O)NC2(C(=O)O)CCCC2)C1. The minimum Gasteiger partial charge on any atom is -0.480 e. The van der Waals surface area contributed by atoms with Gasteiger partial charge >= 0.3 is 12.0 Å². The summed E-state index contributed by atoms with van der Waals surface area (Å²) in [5, 5.41) is 15.5. The summed E-state index contributed by atoms with van der Waals surface area (Å²) in [5.74, 6) is -0.909. The second-order valence-electron chi connectivity index (χ2n) is 5.56. The molecular weight excluding hydrogens is 264 g/mol. The van der Waals surface area contributed by atoms with Gasteiger partial charge in [-0.05, 0) is 38.4 Å². The van der Waals surface area contributed by atoms with Crippen molar-refractivity contribution in [1.82, 2.24) is 10.6 Å². The van der Waals surface area contributed by atoms with Crippen molar-refractivity contribution in [2.45, 2.75) is 61.8 Å². The number of aliphatic carboxylic acids is 1. The van der Waals surface area contributed by atoms with Gasteiger partial charge in [0.2, 0.25) is 0 Å². The van der Waals surface area contributed by atoms with Gasteiger partial charge in [-0.1, -0.05) is 12.8 Å². The summed E-state index contributed by atoms with van der Waals surface area (Å²) in [5.41, 5.74) is -1.04. The fourth-order valence-electron chi connectivity index (χ4n) is 3.09. The first kappa shape index (κ1) is 14.5. The van der Waals surface area contributed by atoms with Crippen molar-refractivity contribution in [3.63, 3.8) is 0 Å². The van der Waals surface area contributed by atoms with Gasteiger partial charge in [0.25, 0.3) is 0 Å². The van der Waals surface area contributed by atoms with E-state index in [1.165, 1.54) is 0 Å². The molecule has 2 rings (SSSR count). The lowest BCUT2D eigenvalue weighted by Crippen LogP contribution is -2.56. The van der Waals surface area contributed by atoms with Gasteiger partial charge in [0.05, 0.1) is 0 Å². The molecule has 0 aromatic rings. The van der Waals surface area contributed by atoms with Gasteiger partial charge in [0.1, 0.15) is 5.54 Å². The summed E-state index contributed by atoms with van der Waals surface area (Å²) < 4.78 is 0. The highest BCUT2D eigenvalue weighted by Crippen LogP contribution is 2.30. The summed E-state index contributed by atoms with van der Waals surface area (Å²) >= 11 is 1.83. The molecule has 6 heteroatoms. The van der Waals surface area contributed by atoms with Crippen molar-refractivity contribution in [1.29, 1.82) is 0 Å². The third-order valence-corrected chi connectivity index (χ3v) is 5.37. The molecule has 2 amide bonds. The van der Waals surface area contributed by atoms with Crippen molar-refractivity contribution in [3.05, 3.63) is 0 Å². The first-order valence-corrected chi connectivity index (χ1v) is 8.19. The molecule has 0 aromatic heterocycles. The van der Waals surface area contributed by atoms with E-state index in [2.05, 4.69) is 16.9 Å². The smallest absolute Gasteiger partial charge is 0.329 e. The topological polar surface area (TPSA) is 78.4 Å². The van der Waals surface area contributed by atoms with Gasteiger partial charge in [-0.15, -0.1) is 0 Å². The molecule has 5 nitrogen and oxygen atoms in total. The molecule has 2 unspecified atom stereocenters. The molecule has 2 atom stereocenters. The number of nitrogens with one attached hydrogen (secondary N) is 2. The average molecular weight is 286 g/mol. The zero-order valence-electron chi connectivity index (χ0n) is 11.3. The number of carbonyl (C=O) groups is 2. The van der Waals surface area contributed by atoms with E-state index in [1.807, 2.05) is 11.8 Å². The van der Waals surface area contributed by atoms with Crippen molar-refractivity contribution < 1.29 is 14.7 Å². The van der Waals surface area contributed by atoms with Crippen molar-refractivity contribution in [2.24, 2.45) is 0 Å². The Hall–Kier alpha value is -0.910. The quantitative estimate of drug-likeness (QED) is 0.738. The van der Waals surface area contributed by atoms with Crippen LogP contribution in [0.4, 0.5) is 4.79 Å². The lowest BCUT2D eigenvalue weighted by atomic mass is 9.98. The molecule has 2 aliphatic carbocycles. The summed E-state index contributed by atoms with van der Waals surface area (Å²) in [6.45, 7) is 0. The number of amides is 2. The monoisotopic (exact) mass is 286 g/mol. The van der Waals surface area contributed by atoms with Crippen molar-refractivity contribution in [3.8, 4) is 0 Å². The lowest BCUT2D eigenvalue weighted by molar-refractivity contribution is -0.144. The van der Waals surface area contributed by atoms with Crippen LogP contribution in [0.15, 0.2) is 0 Å². The maximum atomic E-state index is 12.0. The number of carbonyl (C=O) groups excluding carboxylic acids is 1. The van der Waals surface area contributed by atoms with E-state index in [0.29, 0.717) is 18.1 Å². The minimum atomic E-state index is -1.04.